The highest BCUT2D eigenvalue weighted by Crippen LogP contribution is 2.15. The third kappa shape index (κ3) is 3.08. The van der Waals surface area contributed by atoms with Gasteiger partial charge in [0.15, 0.2) is 0 Å². The molecule has 0 fully saturated rings. The molecule has 0 aliphatic rings. The van der Waals surface area contributed by atoms with Gasteiger partial charge in [-0.2, -0.15) is 0 Å². The smallest absolute Gasteiger partial charge is 0.0897 e. The summed E-state index contributed by atoms with van der Waals surface area (Å²) in [6.07, 6.45) is 5.28. The summed E-state index contributed by atoms with van der Waals surface area (Å²) >= 11 is 1.77. The third-order valence-corrected chi connectivity index (χ3v) is 4.31. The van der Waals surface area contributed by atoms with E-state index in [1.807, 2.05) is 13.1 Å². The first-order valence-corrected chi connectivity index (χ1v) is 7.80. The Morgan fingerprint density at radius 3 is 3.00 bits per heavy atom. The van der Waals surface area contributed by atoms with Gasteiger partial charge in [0.2, 0.25) is 0 Å². The van der Waals surface area contributed by atoms with Gasteiger partial charge in [-0.05, 0) is 37.4 Å². The molecular weight excluding hydrogens is 266 g/mol. The number of rotatable bonds is 6. The minimum Gasteiger partial charge on any atom is -0.347 e. The van der Waals surface area contributed by atoms with Crippen LogP contribution in [-0.4, -0.2) is 16.1 Å². The number of fused-ring (bicyclic) bond motifs is 1. The normalized spacial score (nSPS) is 11.2. The quantitative estimate of drug-likeness (QED) is 0.701. The lowest BCUT2D eigenvalue weighted by Crippen LogP contribution is -2.15. The van der Waals surface area contributed by atoms with E-state index in [0.29, 0.717) is 0 Å². The van der Waals surface area contributed by atoms with Crippen molar-refractivity contribution in [1.29, 1.82) is 0 Å². The Kier molecular flexibility index (Phi) is 4.14. The van der Waals surface area contributed by atoms with E-state index in [9.17, 15) is 0 Å². The first kappa shape index (κ1) is 13.3. The zero-order valence-corrected chi connectivity index (χ0v) is 12.5. The Morgan fingerprint density at radius 1 is 1.25 bits per heavy atom. The van der Waals surface area contributed by atoms with Crippen LogP contribution in [0.3, 0.4) is 0 Å². The van der Waals surface area contributed by atoms with E-state index in [0.717, 1.165) is 31.1 Å². The molecule has 0 unspecified atom stereocenters. The van der Waals surface area contributed by atoms with Crippen molar-refractivity contribution in [3.8, 4) is 0 Å². The van der Waals surface area contributed by atoms with Gasteiger partial charge in [0.1, 0.15) is 0 Å². The predicted octanol–water partition coefficient (Wildman–Crippen LogP) is 3.59. The standard InChI is InChI=1S/C16H19N3S/c1-13-18-12-15(20-13)11-17-8-4-9-19-10-7-14-5-2-3-6-16(14)19/h2-3,5-7,10,12,17H,4,8-9,11H2,1H3. The first-order valence-electron chi connectivity index (χ1n) is 6.99. The van der Waals surface area contributed by atoms with Crippen LogP contribution in [0.25, 0.3) is 10.9 Å². The molecule has 0 radical (unpaired) electrons. The Bertz CT molecular complexity index is 684. The molecule has 0 aliphatic heterocycles. The number of hydrogen-bond donors (Lipinski definition) is 1. The lowest BCUT2D eigenvalue weighted by molar-refractivity contribution is 0.593. The van der Waals surface area contributed by atoms with E-state index in [2.05, 4.69) is 51.4 Å². The highest BCUT2D eigenvalue weighted by Gasteiger charge is 2.00. The molecule has 4 heteroatoms. The van der Waals surface area contributed by atoms with Crippen molar-refractivity contribution in [3.05, 3.63) is 52.6 Å². The molecule has 3 aromatic rings. The van der Waals surface area contributed by atoms with Crippen LogP contribution in [0.5, 0.6) is 0 Å². The van der Waals surface area contributed by atoms with E-state index in [-0.39, 0.29) is 0 Å². The summed E-state index contributed by atoms with van der Waals surface area (Å²) in [4.78, 5) is 5.58. The fourth-order valence-electron chi connectivity index (χ4n) is 2.41. The number of thiazole rings is 1. The van der Waals surface area contributed by atoms with Crippen molar-refractivity contribution in [2.24, 2.45) is 0 Å². The van der Waals surface area contributed by atoms with Gasteiger partial charge in [-0.3, -0.25) is 0 Å². The number of para-hydroxylation sites is 1. The summed E-state index contributed by atoms with van der Waals surface area (Å²) in [5.41, 5.74) is 1.32. The summed E-state index contributed by atoms with van der Waals surface area (Å²) < 4.78 is 2.33. The van der Waals surface area contributed by atoms with Gasteiger partial charge in [0, 0.05) is 35.9 Å². The van der Waals surface area contributed by atoms with E-state index in [1.54, 1.807) is 11.3 Å². The summed E-state index contributed by atoms with van der Waals surface area (Å²) in [6.45, 7) is 5.06. The number of nitrogens with one attached hydrogen (secondary N) is 1. The highest BCUT2D eigenvalue weighted by atomic mass is 32.1. The summed E-state index contributed by atoms with van der Waals surface area (Å²) in [5, 5.41) is 5.94. The minimum atomic E-state index is 0.929. The Balaban J connectivity index is 1.46. The van der Waals surface area contributed by atoms with Crippen LogP contribution in [0.4, 0.5) is 0 Å². The maximum atomic E-state index is 4.26. The van der Waals surface area contributed by atoms with Crippen molar-refractivity contribution >= 4 is 22.2 Å². The van der Waals surface area contributed by atoms with Crippen LogP contribution in [0.2, 0.25) is 0 Å². The van der Waals surface area contributed by atoms with E-state index >= 15 is 0 Å². The van der Waals surface area contributed by atoms with Gasteiger partial charge >= 0.3 is 0 Å². The molecular formula is C16H19N3S. The SMILES string of the molecule is Cc1ncc(CNCCCn2ccc3ccccc32)s1. The predicted molar refractivity (Wildman–Crippen MR) is 85.1 cm³/mol. The van der Waals surface area contributed by atoms with E-state index in [1.165, 1.54) is 15.8 Å². The van der Waals surface area contributed by atoms with Crippen LogP contribution < -0.4 is 5.32 Å². The van der Waals surface area contributed by atoms with Crippen molar-refractivity contribution in [3.63, 3.8) is 0 Å². The molecule has 0 aliphatic carbocycles. The maximum Gasteiger partial charge on any atom is 0.0897 e. The molecule has 1 aromatic carbocycles. The van der Waals surface area contributed by atoms with Crippen LogP contribution in [0.1, 0.15) is 16.3 Å². The molecule has 1 N–H and O–H groups in total. The zero-order chi connectivity index (χ0) is 13.8. The second kappa shape index (κ2) is 6.20. The molecule has 2 heterocycles. The molecule has 0 bridgehead atoms. The molecule has 2 aromatic heterocycles. The number of benzene rings is 1. The van der Waals surface area contributed by atoms with Crippen LogP contribution in [0, 0.1) is 6.92 Å². The van der Waals surface area contributed by atoms with Crippen molar-refractivity contribution in [1.82, 2.24) is 14.9 Å². The summed E-state index contributed by atoms with van der Waals surface area (Å²) in [6, 6.07) is 10.7. The maximum absolute atomic E-state index is 4.26. The molecule has 3 nitrogen and oxygen atoms in total. The van der Waals surface area contributed by atoms with Crippen LogP contribution >= 0.6 is 11.3 Å². The fraction of sp³-hybridized carbons (Fsp3) is 0.312. The van der Waals surface area contributed by atoms with Gasteiger partial charge in [-0.15, -0.1) is 11.3 Å². The molecule has 20 heavy (non-hydrogen) atoms. The average molecular weight is 285 g/mol. The first-order chi connectivity index (χ1) is 9.83. The largest absolute Gasteiger partial charge is 0.347 e. The van der Waals surface area contributed by atoms with Crippen LogP contribution in [-0.2, 0) is 13.1 Å². The second-order valence-corrected chi connectivity index (χ2v) is 6.26. The van der Waals surface area contributed by atoms with Gasteiger partial charge in [0.05, 0.1) is 5.01 Å². The number of hydrogen-bond acceptors (Lipinski definition) is 3. The molecule has 0 amide bonds. The van der Waals surface area contributed by atoms with Gasteiger partial charge < -0.3 is 9.88 Å². The van der Waals surface area contributed by atoms with Gasteiger partial charge in [-0.1, -0.05) is 18.2 Å². The zero-order valence-electron chi connectivity index (χ0n) is 11.7. The Hall–Kier alpha value is -1.65. The molecule has 0 saturated carbocycles. The molecule has 104 valence electrons. The number of aryl methyl sites for hydroxylation is 2. The third-order valence-electron chi connectivity index (χ3n) is 3.40. The van der Waals surface area contributed by atoms with Crippen molar-refractivity contribution in [2.45, 2.75) is 26.4 Å². The molecule has 0 saturated heterocycles. The molecule has 3 rings (SSSR count). The molecule has 0 atom stereocenters. The number of nitrogens with zero attached hydrogens (tertiary/aromatic N) is 2. The summed E-state index contributed by atoms with van der Waals surface area (Å²) in [5.74, 6) is 0. The van der Waals surface area contributed by atoms with Crippen molar-refractivity contribution < 1.29 is 0 Å². The topological polar surface area (TPSA) is 29.9 Å². The van der Waals surface area contributed by atoms with E-state index in [4.69, 9.17) is 0 Å². The lowest BCUT2D eigenvalue weighted by Gasteiger charge is -2.06. The Morgan fingerprint density at radius 2 is 2.15 bits per heavy atom. The fourth-order valence-corrected chi connectivity index (χ4v) is 3.17. The molecule has 0 spiro atoms. The Labute approximate surface area is 123 Å². The van der Waals surface area contributed by atoms with Gasteiger partial charge in [-0.25, -0.2) is 4.98 Å². The average Bonchev–Trinajstić information content (AvgIpc) is 3.05. The second-order valence-electron chi connectivity index (χ2n) is 4.94. The van der Waals surface area contributed by atoms with Crippen LogP contribution in [0.15, 0.2) is 42.7 Å². The van der Waals surface area contributed by atoms with Gasteiger partial charge in [0.25, 0.3) is 0 Å². The highest BCUT2D eigenvalue weighted by molar-refractivity contribution is 7.11. The monoisotopic (exact) mass is 285 g/mol. The summed E-state index contributed by atoms with van der Waals surface area (Å²) in [7, 11) is 0. The van der Waals surface area contributed by atoms with Crippen molar-refractivity contribution in [2.75, 3.05) is 6.54 Å². The van der Waals surface area contributed by atoms with E-state index < -0.39 is 0 Å². The number of aromatic nitrogens is 2. The minimum absolute atomic E-state index is 0.929. The lowest BCUT2D eigenvalue weighted by atomic mass is 10.2.